The molecule has 0 aliphatic rings. The van der Waals surface area contributed by atoms with Crippen LogP contribution in [0.5, 0.6) is 0 Å². The standard InChI is InChI=1S/C25H29FN2/c1-17-15-19(27(3)4)11-13-21(17)25(23-9-7-8-10-24(23)26)22-14-12-20(28(5)6)16-18(22)2/h7-16,25H,1-6H3. The van der Waals surface area contributed by atoms with Gasteiger partial charge in [-0.25, -0.2) is 4.39 Å². The molecule has 3 rings (SSSR count). The van der Waals surface area contributed by atoms with Gasteiger partial charge in [-0.1, -0.05) is 30.3 Å². The lowest BCUT2D eigenvalue weighted by Gasteiger charge is -2.25. The number of halogens is 1. The number of hydrogen-bond acceptors (Lipinski definition) is 2. The largest absolute Gasteiger partial charge is 0.378 e. The zero-order chi connectivity index (χ0) is 20.4. The molecule has 3 heteroatoms. The number of anilines is 2. The summed E-state index contributed by atoms with van der Waals surface area (Å²) in [5.41, 5.74) is 7.60. The van der Waals surface area contributed by atoms with Crippen molar-refractivity contribution in [3.63, 3.8) is 0 Å². The zero-order valence-electron chi connectivity index (χ0n) is 17.6. The maximum atomic E-state index is 14.9. The van der Waals surface area contributed by atoms with Gasteiger partial charge < -0.3 is 9.80 Å². The van der Waals surface area contributed by atoms with Gasteiger partial charge in [-0.05, 0) is 72.0 Å². The number of rotatable bonds is 5. The number of hydrogen-bond donors (Lipinski definition) is 0. The minimum atomic E-state index is -0.167. The third-order valence-corrected chi connectivity index (χ3v) is 5.38. The first-order chi connectivity index (χ1) is 13.3. The lowest BCUT2D eigenvalue weighted by molar-refractivity contribution is 0.606. The van der Waals surface area contributed by atoms with Gasteiger partial charge in [0.25, 0.3) is 0 Å². The van der Waals surface area contributed by atoms with Crippen LogP contribution in [0.1, 0.15) is 33.7 Å². The average Bonchev–Trinajstić information content (AvgIpc) is 2.65. The minimum absolute atomic E-state index is 0.145. The van der Waals surface area contributed by atoms with Gasteiger partial charge in [-0.15, -0.1) is 0 Å². The maximum Gasteiger partial charge on any atom is 0.127 e. The first-order valence-corrected chi connectivity index (χ1v) is 9.59. The molecule has 0 saturated heterocycles. The first-order valence-electron chi connectivity index (χ1n) is 9.59. The Morgan fingerprint density at radius 1 is 0.643 bits per heavy atom. The van der Waals surface area contributed by atoms with Crippen molar-refractivity contribution in [3.8, 4) is 0 Å². The molecule has 0 saturated carbocycles. The van der Waals surface area contributed by atoms with E-state index in [4.69, 9.17) is 0 Å². The van der Waals surface area contributed by atoms with Gasteiger partial charge in [0, 0.05) is 45.5 Å². The molecule has 146 valence electrons. The van der Waals surface area contributed by atoms with Crippen LogP contribution >= 0.6 is 0 Å². The average molecular weight is 377 g/mol. The summed E-state index contributed by atoms with van der Waals surface area (Å²) in [7, 11) is 8.14. The predicted molar refractivity (Wildman–Crippen MR) is 118 cm³/mol. The Bertz CT molecular complexity index is 919. The molecule has 0 spiro atoms. The van der Waals surface area contributed by atoms with Crippen LogP contribution < -0.4 is 9.80 Å². The van der Waals surface area contributed by atoms with Crippen LogP contribution in [-0.4, -0.2) is 28.2 Å². The van der Waals surface area contributed by atoms with E-state index >= 15 is 0 Å². The van der Waals surface area contributed by atoms with Crippen LogP contribution in [-0.2, 0) is 0 Å². The van der Waals surface area contributed by atoms with Crippen LogP contribution in [0, 0.1) is 19.7 Å². The molecule has 0 unspecified atom stereocenters. The van der Waals surface area contributed by atoms with Crippen LogP contribution in [0.3, 0.4) is 0 Å². The normalized spacial score (nSPS) is 11.0. The van der Waals surface area contributed by atoms with Crippen LogP contribution in [0.2, 0.25) is 0 Å². The van der Waals surface area contributed by atoms with Crippen LogP contribution in [0.15, 0.2) is 60.7 Å². The molecule has 0 radical (unpaired) electrons. The highest BCUT2D eigenvalue weighted by molar-refractivity contribution is 5.58. The molecule has 0 atom stereocenters. The van der Waals surface area contributed by atoms with E-state index < -0.39 is 0 Å². The van der Waals surface area contributed by atoms with E-state index in [1.165, 1.54) is 0 Å². The third kappa shape index (κ3) is 3.89. The lowest BCUT2D eigenvalue weighted by atomic mass is 9.81. The second-order valence-corrected chi connectivity index (χ2v) is 7.83. The molecule has 0 aliphatic heterocycles. The SMILES string of the molecule is Cc1cc(N(C)C)ccc1C(c1ccc(N(C)C)cc1C)c1ccccc1F. The van der Waals surface area contributed by atoms with Crippen LogP contribution in [0.25, 0.3) is 0 Å². The quantitative estimate of drug-likeness (QED) is 0.523. The van der Waals surface area contributed by atoms with Crippen molar-refractivity contribution in [1.29, 1.82) is 0 Å². The van der Waals surface area contributed by atoms with E-state index in [2.05, 4.69) is 60.0 Å². The second-order valence-electron chi connectivity index (χ2n) is 7.83. The molecule has 0 bridgehead atoms. The summed E-state index contributed by atoms with van der Waals surface area (Å²) in [6, 6.07) is 20.0. The minimum Gasteiger partial charge on any atom is -0.378 e. The fraction of sp³-hybridized carbons (Fsp3) is 0.280. The summed E-state index contributed by atoms with van der Waals surface area (Å²) >= 11 is 0. The van der Waals surface area contributed by atoms with Crippen molar-refractivity contribution >= 4 is 11.4 Å². The molecule has 0 N–H and O–H groups in total. The summed E-state index contributed by atoms with van der Waals surface area (Å²) in [5.74, 6) is -0.312. The van der Waals surface area contributed by atoms with Crippen molar-refractivity contribution in [3.05, 3.63) is 94.3 Å². The van der Waals surface area contributed by atoms with Gasteiger partial charge in [0.2, 0.25) is 0 Å². The topological polar surface area (TPSA) is 6.48 Å². The van der Waals surface area contributed by atoms with Crippen LogP contribution in [0.4, 0.5) is 15.8 Å². The number of aryl methyl sites for hydroxylation is 2. The molecule has 0 aliphatic carbocycles. The Balaban J connectivity index is 2.22. The van der Waals surface area contributed by atoms with E-state index in [0.717, 1.165) is 33.6 Å². The van der Waals surface area contributed by atoms with Crippen molar-refractivity contribution in [2.24, 2.45) is 0 Å². The Kier molecular flexibility index (Phi) is 5.73. The van der Waals surface area contributed by atoms with Gasteiger partial charge in [-0.3, -0.25) is 0 Å². The molecule has 28 heavy (non-hydrogen) atoms. The van der Waals surface area contributed by atoms with Gasteiger partial charge in [-0.2, -0.15) is 0 Å². The fourth-order valence-electron chi connectivity index (χ4n) is 3.74. The van der Waals surface area contributed by atoms with E-state index in [-0.39, 0.29) is 11.7 Å². The van der Waals surface area contributed by atoms with Crippen molar-refractivity contribution in [1.82, 2.24) is 0 Å². The summed E-state index contributed by atoms with van der Waals surface area (Å²) in [6.07, 6.45) is 0. The number of nitrogens with zero attached hydrogens (tertiary/aromatic N) is 2. The Hall–Kier alpha value is -2.81. The highest BCUT2D eigenvalue weighted by Crippen LogP contribution is 2.38. The lowest BCUT2D eigenvalue weighted by Crippen LogP contribution is -2.13. The third-order valence-electron chi connectivity index (χ3n) is 5.38. The summed E-state index contributed by atoms with van der Waals surface area (Å²) in [5, 5.41) is 0. The van der Waals surface area contributed by atoms with E-state index in [0.29, 0.717) is 5.56 Å². The van der Waals surface area contributed by atoms with E-state index in [9.17, 15) is 4.39 Å². The number of benzene rings is 3. The van der Waals surface area contributed by atoms with Crippen molar-refractivity contribution in [2.75, 3.05) is 38.0 Å². The summed E-state index contributed by atoms with van der Waals surface area (Å²) in [4.78, 5) is 4.18. The maximum absolute atomic E-state index is 14.9. The smallest absolute Gasteiger partial charge is 0.127 e. The monoisotopic (exact) mass is 376 g/mol. The molecule has 0 amide bonds. The first kappa shape index (κ1) is 19.9. The van der Waals surface area contributed by atoms with Gasteiger partial charge in [0.05, 0.1) is 0 Å². The highest BCUT2D eigenvalue weighted by Gasteiger charge is 2.23. The highest BCUT2D eigenvalue weighted by atomic mass is 19.1. The zero-order valence-corrected chi connectivity index (χ0v) is 17.6. The van der Waals surface area contributed by atoms with Gasteiger partial charge in [0.1, 0.15) is 5.82 Å². The van der Waals surface area contributed by atoms with Gasteiger partial charge >= 0.3 is 0 Å². The second kappa shape index (κ2) is 8.05. The molecule has 0 heterocycles. The molecule has 0 aromatic heterocycles. The van der Waals surface area contributed by atoms with Crippen molar-refractivity contribution < 1.29 is 4.39 Å². The Labute approximate surface area is 168 Å². The van der Waals surface area contributed by atoms with E-state index in [1.54, 1.807) is 12.1 Å². The van der Waals surface area contributed by atoms with Gasteiger partial charge in [0.15, 0.2) is 0 Å². The Morgan fingerprint density at radius 2 is 1.11 bits per heavy atom. The molecule has 3 aromatic rings. The molecule has 3 aromatic carbocycles. The van der Waals surface area contributed by atoms with Crippen molar-refractivity contribution in [2.45, 2.75) is 19.8 Å². The van der Waals surface area contributed by atoms with E-state index in [1.807, 2.05) is 40.3 Å². The summed E-state index contributed by atoms with van der Waals surface area (Å²) in [6.45, 7) is 4.22. The molecule has 2 nitrogen and oxygen atoms in total. The molecular weight excluding hydrogens is 347 g/mol. The summed E-state index contributed by atoms with van der Waals surface area (Å²) < 4.78 is 14.9. The molecular formula is C25H29FN2. The molecule has 0 fully saturated rings. The Morgan fingerprint density at radius 3 is 1.50 bits per heavy atom. The fourth-order valence-corrected chi connectivity index (χ4v) is 3.74. The predicted octanol–water partition coefficient (Wildman–Crippen LogP) is 5.75.